The number of aromatic nitrogens is 1. The number of ether oxygens (including phenoxy) is 1. The molecule has 1 aromatic heterocycles. The number of nitrogens with one attached hydrogen (secondary N) is 1. The lowest BCUT2D eigenvalue weighted by Crippen LogP contribution is -2.22. The molecule has 5 nitrogen and oxygen atoms in total. The number of esters is 1. The van der Waals surface area contributed by atoms with Crippen molar-refractivity contribution >= 4 is 11.7 Å². The van der Waals surface area contributed by atoms with Gasteiger partial charge in [-0.05, 0) is 6.42 Å². The highest BCUT2D eigenvalue weighted by Gasteiger charge is 2.42. The predicted molar refractivity (Wildman–Crippen MR) is 73.1 cm³/mol. The molecule has 1 aliphatic heterocycles. The fraction of sp³-hybridized carbons (Fsp3) is 0.571. The molecule has 2 heterocycles. The van der Waals surface area contributed by atoms with Gasteiger partial charge in [0.2, 0.25) is 0 Å². The minimum atomic E-state index is -0.490. The molecule has 19 heavy (non-hydrogen) atoms. The number of nitrogens with two attached hydrogens (primary N) is 1. The average molecular weight is 264 g/mol. The second-order valence-electron chi connectivity index (χ2n) is 6.04. The maximum Gasteiger partial charge on any atom is 0.341 e. The molecule has 0 saturated carbocycles. The Kier molecular flexibility index (Phi) is 3.16. The Labute approximate surface area is 112 Å². The van der Waals surface area contributed by atoms with Gasteiger partial charge in [-0.15, -0.1) is 0 Å². The van der Waals surface area contributed by atoms with Crippen molar-refractivity contribution in [3.8, 4) is 0 Å². The normalized spacial score (nSPS) is 18.3. The van der Waals surface area contributed by atoms with Crippen LogP contribution in [-0.4, -0.2) is 11.0 Å². The van der Waals surface area contributed by atoms with Crippen LogP contribution in [0.2, 0.25) is 0 Å². The first-order chi connectivity index (χ1) is 8.77. The Morgan fingerprint density at radius 3 is 2.47 bits per heavy atom. The van der Waals surface area contributed by atoms with Crippen LogP contribution in [0.15, 0.2) is 4.79 Å². The van der Waals surface area contributed by atoms with Crippen LogP contribution in [0.25, 0.3) is 0 Å². The van der Waals surface area contributed by atoms with Gasteiger partial charge < -0.3 is 15.5 Å². The Balaban J connectivity index is 2.73. The first-order valence-corrected chi connectivity index (χ1v) is 6.52. The molecular formula is C14H20N2O3. The van der Waals surface area contributed by atoms with Crippen LogP contribution in [0.4, 0.5) is 5.69 Å². The number of rotatable bonds is 2. The number of nitrogen functional groups attached to an aromatic ring is 1. The van der Waals surface area contributed by atoms with Gasteiger partial charge in [-0.1, -0.05) is 34.1 Å². The van der Waals surface area contributed by atoms with Crippen LogP contribution >= 0.6 is 0 Å². The van der Waals surface area contributed by atoms with E-state index in [0.29, 0.717) is 6.42 Å². The number of cyclic esters (lactones) is 1. The van der Waals surface area contributed by atoms with E-state index < -0.39 is 11.5 Å². The summed E-state index contributed by atoms with van der Waals surface area (Å²) in [5.74, 6) is -0.490. The second kappa shape index (κ2) is 4.40. The zero-order valence-corrected chi connectivity index (χ0v) is 11.8. The van der Waals surface area contributed by atoms with E-state index in [1.54, 1.807) is 0 Å². The number of hydrogen-bond acceptors (Lipinski definition) is 4. The molecule has 0 radical (unpaired) electrons. The minimum Gasteiger partial charge on any atom is -0.453 e. The topological polar surface area (TPSA) is 85.2 Å². The zero-order valence-electron chi connectivity index (χ0n) is 11.8. The SMILES string of the molecule is CCCc1[nH]c(=O)c(N)c2c1C(C(C)(C)C)OC2=O. The molecular weight excluding hydrogens is 244 g/mol. The maximum atomic E-state index is 12.0. The lowest BCUT2D eigenvalue weighted by atomic mass is 9.83. The van der Waals surface area contributed by atoms with E-state index in [-0.39, 0.29) is 22.8 Å². The first-order valence-electron chi connectivity index (χ1n) is 6.52. The van der Waals surface area contributed by atoms with Gasteiger partial charge in [0.15, 0.2) is 0 Å². The number of aromatic amines is 1. The molecule has 1 atom stereocenters. The predicted octanol–water partition coefficient (Wildman–Crippen LogP) is 2.17. The first kappa shape index (κ1) is 13.6. The molecule has 1 aromatic rings. The van der Waals surface area contributed by atoms with Crippen LogP contribution < -0.4 is 11.3 Å². The molecule has 0 bridgehead atoms. The van der Waals surface area contributed by atoms with Gasteiger partial charge in [0.25, 0.3) is 5.56 Å². The van der Waals surface area contributed by atoms with E-state index in [1.807, 2.05) is 27.7 Å². The lowest BCUT2D eigenvalue weighted by molar-refractivity contribution is 0.00752. The average Bonchev–Trinajstić information content (AvgIpc) is 2.64. The van der Waals surface area contributed by atoms with E-state index in [4.69, 9.17) is 10.5 Å². The highest BCUT2D eigenvalue weighted by atomic mass is 16.5. The third kappa shape index (κ3) is 2.13. The number of H-pyrrole nitrogens is 1. The van der Waals surface area contributed by atoms with E-state index in [2.05, 4.69) is 4.98 Å². The molecule has 0 saturated heterocycles. The summed E-state index contributed by atoms with van der Waals surface area (Å²) < 4.78 is 5.44. The van der Waals surface area contributed by atoms with Crippen molar-refractivity contribution in [1.82, 2.24) is 4.98 Å². The number of aryl methyl sites for hydroxylation is 1. The number of carbonyl (C=O) groups excluding carboxylic acids is 1. The lowest BCUT2D eigenvalue weighted by Gasteiger charge is -2.27. The Bertz CT molecular complexity index is 582. The van der Waals surface area contributed by atoms with Gasteiger partial charge in [0.05, 0.1) is 5.56 Å². The smallest absolute Gasteiger partial charge is 0.341 e. The van der Waals surface area contributed by atoms with E-state index in [9.17, 15) is 9.59 Å². The largest absolute Gasteiger partial charge is 0.453 e. The maximum absolute atomic E-state index is 12.0. The number of pyridine rings is 1. The molecule has 0 amide bonds. The van der Waals surface area contributed by atoms with Crippen molar-refractivity contribution in [2.75, 3.05) is 5.73 Å². The summed E-state index contributed by atoms with van der Waals surface area (Å²) in [6.45, 7) is 8.01. The monoisotopic (exact) mass is 264 g/mol. The van der Waals surface area contributed by atoms with Gasteiger partial charge in [0, 0.05) is 16.7 Å². The van der Waals surface area contributed by atoms with Crippen molar-refractivity contribution < 1.29 is 9.53 Å². The molecule has 0 fully saturated rings. The molecule has 0 aromatic carbocycles. The van der Waals surface area contributed by atoms with Gasteiger partial charge in [0.1, 0.15) is 11.8 Å². The van der Waals surface area contributed by atoms with Crippen LogP contribution in [0.3, 0.4) is 0 Å². The molecule has 5 heteroatoms. The summed E-state index contributed by atoms with van der Waals surface area (Å²) >= 11 is 0. The van der Waals surface area contributed by atoms with Crippen molar-refractivity contribution in [3.05, 3.63) is 27.2 Å². The number of fused-ring (bicyclic) bond motifs is 1. The van der Waals surface area contributed by atoms with Crippen molar-refractivity contribution in [1.29, 1.82) is 0 Å². The summed E-state index contributed by atoms with van der Waals surface area (Å²) in [5.41, 5.74) is 6.85. The summed E-state index contributed by atoms with van der Waals surface area (Å²) in [4.78, 5) is 26.6. The van der Waals surface area contributed by atoms with Crippen molar-refractivity contribution in [2.24, 2.45) is 5.41 Å². The highest BCUT2D eigenvalue weighted by Crippen LogP contribution is 2.45. The van der Waals surface area contributed by atoms with Crippen molar-refractivity contribution in [3.63, 3.8) is 0 Å². The summed E-state index contributed by atoms with van der Waals surface area (Å²) in [6, 6.07) is 0. The van der Waals surface area contributed by atoms with Gasteiger partial charge >= 0.3 is 5.97 Å². The summed E-state index contributed by atoms with van der Waals surface area (Å²) in [5, 5.41) is 0. The van der Waals surface area contributed by atoms with Gasteiger partial charge in [-0.25, -0.2) is 4.79 Å². The molecule has 104 valence electrons. The van der Waals surface area contributed by atoms with Gasteiger partial charge in [-0.2, -0.15) is 0 Å². The van der Waals surface area contributed by atoms with E-state index >= 15 is 0 Å². The third-order valence-corrected chi connectivity index (χ3v) is 3.35. The second-order valence-corrected chi connectivity index (χ2v) is 6.04. The third-order valence-electron chi connectivity index (χ3n) is 3.35. The molecule has 1 aliphatic rings. The van der Waals surface area contributed by atoms with Crippen molar-refractivity contribution in [2.45, 2.75) is 46.6 Å². The number of carbonyl (C=O) groups is 1. The molecule has 0 spiro atoms. The summed E-state index contributed by atoms with van der Waals surface area (Å²) in [7, 11) is 0. The number of hydrogen-bond donors (Lipinski definition) is 2. The summed E-state index contributed by atoms with van der Waals surface area (Å²) in [6.07, 6.45) is 1.20. The Morgan fingerprint density at radius 2 is 1.95 bits per heavy atom. The van der Waals surface area contributed by atoms with E-state index in [1.165, 1.54) is 0 Å². The van der Waals surface area contributed by atoms with E-state index in [0.717, 1.165) is 17.7 Å². The fourth-order valence-corrected chi connectivity index (χ4v) is 2.47. The fourth-order valence-electron chi connectivity index (χ4n) is 2.47. The Hall–Kier alpha value is -1.78. The number of anilines is 1. The van der Waals surface area contributed by atoms with Crippen LogP contribution in [0, 0.1) is 5.41 Å². The zero-order chi connectivity index (χ0) is 14.4. The Morgan fingerprint density at radius 1 is 1.32 bits per heavy atom. The molecule has 3 N–H and O–H groups in total. The molecule has 0 aliphatic carbocycles. The standard InChI is InChI=1S/C14H20N2O3/c1-5-6-7-8-9(10(15)12(17)16-7)13(18)19-11(8)14(2,3)4/h11H,5-6,15H2,1-4H3,(H,16,17). The quantitative estimate of drug-likeness (QED) is 0.802. The molecule has 2 rings (SSSR count). The van der Waals surface area contributed by atoms with Gasteiger partial charge in [-0.3, -0.25) is 4.79 Å². The highest BCUT2D eigenvalue weighted by molar-refractivity contribution is 5.99. The van der Waals surface area contributed by atoms with Crippen LogP contribution in [0.1, 0.15) is 61.8 Å². The molecule has 1 unspecified atom stereocenters. The minimum absolute atomic E-state index is 0.0356. The van der Waals surface area contributed by atoms with Crippen LogP contribution in [0.5, 0.6) is 0 Å². The van der Waals surface area contributed by atoms with Crippen LogP contribution in [-0.2, 0) is 11.2 Å².